The number of rotatable bonds is 2. The van der Waals surface area contributed by atoms with Gasteiger partial charge < -0.3 is 4.74 Å². The zero-order valence-corrected chi connectivity index (χ0v) is 10.1. The molecule has 0 aliphatic carbocycles. The van der Waals surface area contributed by atoms with E-state index in [-0.39, 0.29) is 0 Å². The molecule has 0 aliphatic rings. The number of carbonyl (C=O) groups excluding carboxylic acids is 1. The number of ether oxygens (including phenoxy) is 1. The SMILES string of the molecule is Cc1ccc(NNC(=O)OC(C)(C)C)cc1. The van der Waals surface area contributed by atoms with Crippen molar-refractivity contribution >= 4 is 11.8 Å². The minimum atomic E-state index is -0.493. The average Bonchev–Trinajstić information content (AvgIpc) is 2.14. The fourth-order valence-electron chi connectivity index (χ4n) is 1.06. The van der Waals surface area contributed by atoms with Gasteiger partial charge in [-0.05, 0) is 39.8 Å². The molecule has 16 heavy (non-hydrogen) atoms. The smallest absolute Gasteiger partial charge is 0.426 e. The monoisotopic (exact) mass is 222 g/mol. The third-order valence-electron chi connectivity index (χ3n) is 1.76. The van der Waals surface area contributed by atoms with E-state index in [4.69, 9.17) is 4.74 Å². The van der Waals surface area contributed by atoms with E-state index in [2.05, 4.69) is 10.9 Å². The summed E-state index contributed by atoms with van der Waals surface area (Å²) in [5, 5.41) is 0. The Morgan fingerprint density at radius 2 is 1.75 bits per heavy atom. The summed E-state index contributed by atoms with van der Waals surface area (Å²) in [6.45, 7) is 7.46. The van der Waals surface area contributed by atoms with Crippen molar-refractivity contribution in [3.05, 3.63) is 29.8 Å². The predicted octanol–water partition coefficient (Wildman–Crippen LogP) is 2.85. The molecule has 0 unspecified atom stereocenters. The Bertz CT molecular complexity index is 352. The Hall–Kier alpha value is -1.71. The number of benzene rings is 1. The summed E-state index contributed by atoms with van der Waals surface area (Å²) in [6.07, 6.45) is -0.493. The molecule has 0 atom stereocenters. The van der Waals surface area contributed by atoms with Crippen LogP contribution in [0.5, 0.6) is 0 Å². The molecular weight excluding hydrogens is 204 g/mol. The maximum absolute atomic E-state index is 11.3. The minimum Gasteiger partial charge on any atom is -0.443 e. The van der Waals surface area contributed by atoms with Crippen LogP contribution in [0.4, 0.5) is 10.5 Å². The highest BCUT2D eigenvalue weighted by atomic mass is 16.6. The van der Waals surface area contributed by atoms with Crippen LogP contribution in [0.3, 0.4) is 0 Å². The highest BCUT2D eigenvalue weighted by molar-refractivity contribution is 5.69. The van der Waals surface area contributed by atoms with Gasteiger partial charge in [-0.2, -0.15) is 0 Å². The molecule has 0 spiro atoms. The largest absolute Gasteiger partial charge is 0.443 e. The van der Waals surface area contributed by atoms with Crippen LogP contribution in [0, 0.1) is 6.92 Å². The molecule has 1 aromatic carbocycles. The molecule has 1 aromatic rings. The van der Waals surface area contributed by atoms with Crippen molar-refractivity contribution in [1.82, 2.24) is 5.43 Å². The van der Waals surface area contributed by atoms with Crippen LogP contribution >= 0.6 is 0 Å². The first-order valence-corrected chi connectivity index (χ1v) is 5.18. The molecule has 1 rings (SSSR count). The van der Waals surface area contributed by atoms with Crippen LogP contribution in [0.15, 0.2) is 24.3 Å². The molecule has 4 nitrogen and oxygen atoms in total. The Morgan fingerprint density at radius 3 is 2.25 bits per heavy atom. The Kier molecular flexibility index (Phi) is 3.77. The zero-order valence-electron chi connectivity index (χ0n) is 10.1. The lowest BCUT2D eigenvalue weighted by atomic mass is 10.2. The summed E-state index contributed by atoms with van der Waals surface area (Å²) >= 11 is 0. The third kappa shape index (κ3) is 4.68. The fraction of sp³-hybridized carbons (Fsp3) is 0.417. The summed E-state index contributed by atoms with van der Waals surface area (Å²) in [4.78, 5) is 11.3. The second-order valence-corrected chi connectivity index (χ2v) is 4.62. The highest BCUT2D eigenvalue weighted by Gasteiger charge is 2.15. The lowest BCUT2D eigenvalue weighted by Crippen LogP contribution is -2.35. The fourth-order valence-corrected chi connectivity index (χ4v) is 1.06. The summed E-state index contributed by atoms with van der Waals surface area (Å²) in [5.41, 5.74) is 6.73. The van der Waals surface area contributed by atoms with Gasteiger partial charge in [-0.25, -0.2) is 10.2 Å². The van der Waals surface area contributed by atoms with E-state index < -0.39 is 11.7 Å². The first-order chi connectivity index (χ1) is 7.37. The maximum Gasteiger partial charge on any atom is 0.426 e. The third-order valence-corrected chi connectivity index (χ3v) is 1.76. The van der Waals surface area contributed by atoms with Crippen molar-refractivity contribution in [3.63, 3.8) is 0 Å². The molecule has 0 aromatic heterocycles. The van der Waals surface area contributed by atoms with E-state index in [9.17, 15) is 4.79 Å². The van der Waals surface area contributed by atoms with Crippen molar-refractivity contribution in [1.29, 1.82) is 0 Å². The number of hydrogen-bond donors (Lipinski definition) is 2. The Labute approximate surface area is 96.0 Å². The molecule has 88 valence electrons. The molecule has 1 amide bonds. The van der Waals surface area contributed by atoms with E-state index in [0.717, 1.165) is 5.69 Å². The van der Waals surface area contributed by atoms with Gasteiger partial charge in [0.1, 0.15) is 5.60 Å². The van der Waals surface area contributed by atoms with Crippen molar-refractivity contribution in [2.75, 3.05) is 5.43 Å². The summed E-state index contributed by atoms with van der Waals surface area (Å²) < 4.78 is 5.07. The standard InChI is InChI=1S/C12H18N2O2/c1-9-5-7-10(8-6-9)13-14-11(15)16-12(2,3)4/h5-8,13H,1-4H3,(H,14,15). The van der Waals surface area contributed by atoms with Crippen LogP contribution in [0.25, 0.3) is 0 Å². The minimum absolute atomic E-state index is 0.487. The molecule has 0 heterocycles. The second kappa shape index (κ2) is 4.88. The van der Waals surface area contributed by atoms with E-state index in [0.29, 0.717) is 0 Å². The number of amides is 1. The lowest BCUT2D eigenvalue weighted by molar-refractivity contribution is 0.0541. The van der Waals surface area contributed by atoms with Gasteiger partial charge in [0.15, 0.2) is 0 Å². The van der Waals surface area contributed by atoms with Crippen LogP contribution in [0.2, 0.25) is 0 Å². The van der Waals surface area contributed by atoms with Crippen LogP contribution in [-0.4, -0.2) is 11.7 Å². The number of hydrogen-bond acceptors (Lipinski definition) is 3. The van der Waals surface area contributed by atoms with Gasteiger partial charge in [0.05, 0.1) is 5.69 Å². The van der Waals surface area contributed by atoms with Gasteiger partial charge in [0.2, 0.25) is 0 Å². The van der Waals surface area contributed by atoms with E-state index >= 15 is 0 Å². The molecule has 0 saturated heterocycles. The van der Waals surface area contributed by atoms with Gasteiger partial charge in [-0.15, -0.1) is 0 Å². The predicted molar refractivity (Wildman–Crippen MR) is 64.2 cm³/mol. The zero-order chi connectivity index (χ0) is 12.2. The number of hydrazine groups is 1. The number of anilines is 1. The normalized spacial score (nSPS) is 10.8. The first-order valence-electron chi connectivity index (χ1n) is 5.18. The van der Waals surface area contributed by atoms with Gasteiger partial charge in [0.25, 0.3) is 0 Å². The van der Waals surface area contributed by atoms with Crippen LogP contribution < -0.4 is 10.9 Å². The number of aryl methyl sites for hydroxylation is 1. The van der Waals surface area contributed by atoms with Crippen LogP contribution in [-0.2, 0) is 4.74 Å². The summed E-state index contributed by atoms with van der Waals surface area (Å²) in [5.74, 6) is 0. The lowest BCUT2D eigenvalue weighted by Gasteiger charge is -2.20. The molecule has 4 heteroatoms. The first kappa shape index (κ1) is 12.4. The highest BCUT2D eigenvalue weighted by Crippen LogP contribution is 2.08. The average molecular weight is 222 g/mol. The summed E-state index contributed by atoms with van der Waals surface area (Å²) in [7, 11) is 0. The molecule has 0 saturated carbocycles. The van der Waals surface area contributed by atoms with Crippen LogP contribution in [0.1, 0.15) is 26.3 Å². The van der Waals surface area contributed by atoms with Gasteiger partial charge in [-0.1, -0.05) is 17.7 Å². The molecule has 0 bridgehead atoms. The molecule has 2 N–H and O–H groups in total. The Balaban J connectivity index is 2.40. The van der Waals surface area contributed by atoms with Crippen molar-refractivity contribution in [2.45, 2.75) is 33.3 Å². The summed E-state index contributed by atoms with van der Waals surface area (Å²) in [6, 6.07) is 7.68. The topological polar surface area (TPSA) is 50.4 Å². The Morgan fingerprint density at radius 1 is 1.19 bits per heavy atom. The van der Waals surface area contributed by atoms with Gasteiger partial charge in [0, 0.05) is 0 Å². The van der Waals surface area contributed by atoms with E-state index in [1.54, 1.807) is 0 Å². The van der Waals surface area contributed by atoms with Gasteiger partial charge >= 0.3 is 6.09 Å². The molecule has 0 aliphatic heterocycles. The second-order valence-electron chi connectivity index (χ2n) is 4.62. The quantitative estimate of drug-likeness (QED) is 0.756. The van der Waals surface area contributed by atoms with E-state index in [1.165, 1.54) is 5.56 Å². The van der Waals surface area contributed by atoms with E-state index in [1.807, 2.05) is 52.0 Å². The molecular formula is C12H18N2O2. The maximum atomic E-state index is 11.3. The van der Waals surface area contributed by atoms with Crippen molar-refractivity contribution in [2.24, 2.45) is 0 Å². The number of carbonyl (C=O) groups is 1. The van der Waals surface area contributed by atoms with Crippen molar-refractivity contribution in [3.8, 4) is 0 Å². The van der Waals surface area contributed by atoms with Crippen molar-refractivity contribution < 1.29 is 9.53 Å². The van der Waals surface area contributed by atoms with Gasteiger partial charge in [-0.3, -0.25) is 5.43 Å². The molecule has 0 fully saturated rings. The molecule has 0 radical (unpaired) electrons. The number of nitrogens with one attached hydrogen (secondary N) is 2.